The van der Waals surface area contributed by atoms with Crippen LogP contribution in [0.4, 0.5) is 0 Å². The van der Waals surface area contributed by atoms with Crippen molar-refractivity contribution >= 4 is 33.5 Å². The van der Waals surface area contributed by atoms with E-state index in [-0.39, 0.29) is 0 Å². The van der Waals surface area contributed by atoms with Crippen molar-refractivity contribution < 1.29 is 4.42 Å². The lowest BCUT2D eigenvalue weighted by molar-refractivity contribution is 0.669. The van der Waals surface area contributed by atoms with E-state index in [2.05, 4.69) is 80.6 Å². The average molecular weight is 411 g/mol. The zero-order valence-corrected chi connectivity index (χ0v) is 18.0. The van der Waals surface area contributed by atoms with Crippen molar-refractivity contribution in [3.05, 3.63) is 95.0 Å². The first kappa shape index (κ1) is 19.0. The van der Waals surface area contributed by atoms with E-state index in [1.165, 1.54) is 27.8 Å². The molecular weight excluding hydrogens is 388 g/mol. The monoisotopic (exact) mass is 410 g/mol. The summed E-state index contributed by atoms with van der Waals surface area (Å²) in [4.78, 5) is 0. The van der Waals surface area contributed by atoms with Gasteiger partial charge in [-0.2, -0.15) is 0 Å². The highest BCUT2D eigenvalue weighted by Gasteiger charge is 2.13. The molecule has 4 aromatic carbocycles. The highest BCUT2D eigenvalue weighted by atomic mass is 35.5. The van der Waals surface area contributed by atoms with Crippen LogP contribution in [-0.4, -0.2) is 0 Å². The minimum atomic E-state index is 0.650. The molecule has 0 radical (unpaired) electrons. The second-order valence-corrected chi connectivity index (χ2v) is 8.07. The lowest BCUT2D eigenvalue weighted by Crippen LogP contribution is -1.93. The van der Waals surface area contributed by atoms with E-state index >= 15 is 0 Å². The Kier molecular flexibility index (Phi) is 4.84. The fourth-order valence-corrected chi connectivity index (χ4v) is 4.58. The van der Waals surface area contributed by atoms with E-state index < -0.39 is 0 Å². The van der Waals surface area contributed by atoms with Crippen molar-refractivity contribution in [3.8, 4) is 22.3 Å². The van der Waals surface area contributed by atoms with Gasteiger partial charge in [-0.05, 0) is 64.4 Å². The lowest BCUT2D eigenvalue weighted by atomic mass is 9.90. The second kappa shape index (κ2) is 7.66. The molecule has 0 bridgehead atoms. The first-order valence-electron chi connectivity index (χ1n) is 10.5. The molecule has 0 saturated heterocycles. The molecule has 0 amide bonds. The quantitative estimate of drug-likeness (QED) is 0.288. The minimum Gasteiger partial charge on any atom is -0.454 e. The summed E-state index contributed by atoms with van der Waals surface area (Å²) in [7, 11) is 0. The lowest BCUT2D eigenvalue weighted by Gasteiger charge is -2.14. The van der Waals surface area contributed by atoms with Crippen molar-refractivity contribution in [2.45, 2.75) is 26.7 Å². The summed E-state index contributed by atoms with van der Waals surface area (Å²) in [6.45, 7) is 4.44. The molecule has 0 spiro atoms. The van der Waals surface area contributed by atoms with Gasteiger partial charge in [0.05, 0.1) is 5.02 Å². The summed E-state index contributed by atoms with van der Waals surface area (Å²) in [6, 6.07) is 27.8. The van der Waals surface area contributed by atoms with Gasteiger partial charge in [0.2, 0.25) is 0 Å². The van der Waals surface area contributed by atoms with Crippen LogP contribution in [-0.2, 0) is 12.8 Å². The topological polar surface area (TPSA) is 13.1 Å². The molecule has 30 heavy (non-hydrogen) atoms. The Morgan fingerprint density at radius 2 is 1.40 bits per heavy atom. The fraction of sp³-hybridized carbons (Fsp3) is 0.143. The zero-order valence-electron chi connectivity index (χ0n) is 17.2. The van der Waals surface area contributed by atoms with Gasteiger partial charge in [-0.3, -0.25) is 0 Å². The van der Waals surface area contributed by atoms with Crippen LogP contribution in [0.15, 0.2) is 83.3 Å². The van der Waals surface area contributed by atoms with Crippen molar-refractivity contribution in [1.82, 2.24) is 0 Å². The highest BCUT2D eigenvalue weighted by Crippen LogP contribution is 2.37. The van der Waals surface area contributed by atoms with Gasteiger partial charge >= 0.3 is 0 Å². The van der Waals surface area contributed by atoms with E-state index in [1.807, 2.05) is 12.1 Å². The van der Waals surface area contributed by atoms with Crippen LogP contribution in [0, 0.1) is 0 Å². The van der Waals surface area contributed by atoms with Gasteiger partial charge in [0.1, 0.15) is 5.58 Å². The molecule has 1 nitrogen and oxygen atoms in total. The minimum absolute atomic E-state index is 0.650. The molecule has 1 heterocycles. The molecule has 0 fully saturated rings. The number of furan rings is 1. The van der Waals surface area contributed by atoms with E-state index in [0.29, 0.717) is 5.02 Å². The molecular formula is C28H23ClO. The maximum Gasteiger partial charge on any atom is 0.153 e. The van der Waals surface area contributed by atoms with Gasteiger partial charge < -0.3 is 4.42 Å². The van der Waals surface area contributed by atoms with Crippen molar-refractivity contribution in [3.63, 3.8) is 0 Å². The third-order valence-electron chi connectivity index (χ3n) is 5.96. The van der Waals surface area contributed by atoms with Crippen LogP contribution < -0.4 is 0 Å². The molecule has 5 rings (SSSR count). The number of benzene rings is 4. The summed E-state index contributed by atoms with van der Waals surface area (Å²) in [5.74, 6) is 0. The number of fused-ring (bicyclic) bond motifs is 3. The molecule has 0 aliphatic rings. The Morgan fingerprint density at radius 1 is 0.667 bits per heavy atom. The number of para-hydroxylation sites is 1. The smallest absolute Gasteiger partial charge is 0.153 e. The van der Waals surface area contributed by atoms with Gasteiger partial charge in [0.15, 0.2) is 5.58 Å². The van der Waals surface area contributed by atoms with Crippen LogP contribution >= 0.6 is 11.6 Å². The molecule has 0 saturated carbocycles. The highest BCUT2D eigenvalue weighted by molar-refractivity contribution is 6.35. The molecule has 0 aliphatic carbocycles. The Labute approximate surface area is 181 Å². The summed E-state index contributed by atoms with van der Waals surface area (Å²) in [6.07, 6.45) is 2.02. The maximum atomic E-state index is 6.33. The van der Waals surface area contributed by atoms with E-state index in [9.17, 15) is 0 Å². The summed E-state index contributed by atoms with van der Waals surface area (Å²) < 4.78 is 6.09. The Morgan fingerprint density at radius 3 is 2.23 bits per heavy atom. The molecule has 0 aliphatic heterocycles. The van der Waals surface area contributed by atoms with E-state index in [0.717, 1.165) is 40.3 Å². The van der Waals surface area contributed by atoms with Crippen LogP contribution in [0.3, 0.4) is 0 Å². The van der Waals surface area contributed by atoms with Crippen LogP contribution in [0.25, 0.3) is 44.2 Å². The van der Waals surface area contributed by atoms with E-state index in [4.69, 9.17) is 16.0 Å². The normalized spacial score (nSPS) is 11.4. The van der Waals surface area contributed by atoms with Gasteiger partial charge in [0, 0.05) is 10.8 Å². The molecule has 0 unspecified atom stereocenters. The van der Waals surface area contributed by atoms with Crippen molar-refractivity contribution in [1.29, 1.82) is 0 Å². The molecule has 5 aromatic rings. The summed E-state index contributed by atoms with van der Waals surface area (Å²) in [5, 5.41) is 2.81. The Balaban J connectivity index is 1.63. The SMILES string of the molecule is CCc1ccccc1-c1ccc(-c2ccc3c(c2)oc2c(Cl)cccc23)cc1CC. The molecule has 0 N–H and O–H groups in total. The van der Waals surface area contributed by atoms with Crippen LogP contribution in [0.2, 0.25) is 5.02 Å². The Hall–Kier alpha value is -3.03. The van der Waals surface area contributed by atoms with Crippen LogP contribution in [0.5, 0.6) is 0 Å². The zero-order chi connectivity index (χ0) is 20.7. The van der Waals surface area contributed by atoms with Gasteiger partial charge in [0.25, 0.3) is 0 Å². The number of rotatable bonds is 4. The third kappa shape index (κ3) is 3.11. The molecule has 1 aromatic heterocycles. The van der Waals surface area contributed by atoms with Gasteiger partial charge in [-0.1, -0.05) is 86.1 Å². The van der Waals surface area contributed by atoms with Crippen molar-refractivity contribution in [2.75, 3.05) is 0 Å². The maximum absolute atomic E-state index is 6.33. The number of hydrogen-bond acceptors (Lipinski definition) is 1. The largest absolute Gasteiger partial charge is 0.454 e. The molecule has 148 valence electrons. The predicted octanol–water partition coefficient (Wildman–Crippen LogP) is 8.70. The van der Waals surface area contributed by atoms with Gasteiger partial charge in [-0.15, -0.1) is 0 Å². The van der Waals surface area contributed by atoms with E-state index in [1.54, 1.807) is 0 Å². The first-order chi connectivity index (χ1) is 14.7. The Bertz CT molecular complexity index is 1380. The number of halogens is 1. The fourth-order valence-electron chi connectivity index (χ4n) is 4.36. The number of aryl methyl sites for hydroxylation is 2. The standard InChI is InChI=1S/C28H23ClO/c1-3-18-8-5-6-9-22(18)23-14-12-20(16-19(23)4-2)21-13-15-24-25-10-7-11-26(29)28(25)30-27(24)17-21/h5-17H,3-4H2,1-2H3. The van der Waals surface area contributed by atoms with Crippen molar-refractivity contribution in [2.24, 2.45) is 0 Å². The predicted molar refractivity (Wildman–Crippen MR) is 128 cm³/mol. The third-order valence-corrected chi connectivity index (χ3v) is 6.26. The molecule has 0 atom stereocenters. The summed E-state index contributed by atoms with van der Waals surface area (Å²) in [5.41, 5.74) is 9.41. The number of hydrogen-bond donors (Lipinski definition) is 0. The van der Waals surface area contributed by atoms with Gasteiger partial charge in [-0.25, -0.2) is 0 Å². The average Bonchev–Trinajstić information content (AvgIpc) is 3.18. The first-order valence-corrected chi connectivity index (χ1v) is 10.9. The molecule has 2 heteroatoms. The summed E-state index contributed by atoms with van der Waals surface area (Å²) >= 11 is 6.33. The van der Waals surface area contributed by atoms with Crippen LogP contribution in [0.1, 0.15) is 25.0 Å². The second-order valence-electron chi connectivity index (χ2n) is 7.67.